The number of nitrogens with one attached hydrogen (secondary N) is 1. The van der Waals surface area contributed by atoms with E-state index in [1.165, 1.54) is 16.7 Å². The third-order valence-corrected chi connectivity index (χ3v) is 9.41. The second kappa shape index (κ2) is 15.7. The van der Waals surface area contributed by atoms with Gasteiger partial charge in [-0.1, -0.05) is 50.2 Å². The minimum absolute atomic E-state index is 0.0533. The highest BCUT2D eigenvalue weighted by atomic mass is 32.2. The number of nitrogens with zero attached hydrogens (tertiary/aromatic N) is 2. The summed E-state index contributed by atoms with van der Waals surface area (Å²) in [4.78, 5) is 30.0. The number of ether oxygens (including phenoxy) is 1. The molecule has 3 rings (SSSR count). The number of sulfonamides is 1. The molecule has 10 heteroatoms. The molecular weight excluding hydrogens is 571 g/mol. The Balaban J connectivity index is 2.12. The highest BCUT2D eigenvalue weighted by Crippen LogP contribution is 2.33. The Morgan fingerprint density at radius 3 is 2.24 bits per heavy atom. The summed E-state index contributed by atoms with van der Waals surface area (Å²) in [5.74, 6) is -0.416. The maximum Gasteiger partial charge on any atom is 0.264 e. The Morgan fingerprint density at radius 2 is 1.62 bits per heavy atom. The summed E-state index contributed by atoms with van der Waals surface area (Å²) in [5, 5.41) is 2.91. The summed E-state index contributed by atoms with van der Waals surface area (Å²) >= 11 is 1.51. The van der Waals surface area contributed by atoms with Gasteiger partial charge < -0.3 is 15.0 Å². The van der Waals surface area contributed by atoms with E-state index >= 15 is 0 Å². The van der Waals surface area contributed by atoms with Crippen LogP contribution in [0.1, 0.15) is 44.7 Å². The molecule has 0 fully saturated rings. The van der Waals surface area contributed by atoms with Gasteiger partial charge in [-0.05, 0) is 80.5 Å². The standard InChI is InChI=1S/C32H41N3O5S2/c1-6-21-33-32(37)28(7-2)34(22-25-14-10-9-13-24(25)4)31(36)23-35(29-15-11-12-16-30(29)40-8-3)42(38,39)27-19-17-26(41-5)18-20-27/h9-20,28H,6-8,21-23H2,1-5H3,(H,33,37)/t28-/m0/s1. The Kier molecular flexibility index (Phi) is 12.3. The fraction of sp³-hybridized carbons (Fsp3) is 0.375. The smallest absolute Gasteiger partial charge is 0.264 e. The molecule has 0 spiro atoms. The molecule has 8 nitrogen and oxygen atoms in total. The SMILES string of the molecule is CCCNC(=O)[C@H](CC)N(Cc1ccccc1C)C(=O)CN(c1ccccc1OCC)S(=O)(=O)c1ccc(SC)cc1. The van der Waals surface area contributed by atoms with Crippen LogP contribution in [0.15, 0.2) is 82.6 Å². The molecule has 0 aliphatic rings. The Hall–Kier alpha value is -3.50. The maximum atomic E-state index is 14.3. The van der Waals surface area contributed by atoms with Crippen molar-refractivity contribution in [3.05, 3.63) is 83.9 Å². The van der Waals surface area contributed by atoms with E-state index in [0.717, 1.165) is 26.7 Å². The van der Waals surface area contributed by atoms with Crippen molar-refractivity contribution in [1.82, 2.24) is 10.2 Å². The number of hydrogen-bond acceptors (Lipinski definition) is 6. The number of amides is 2. The number of hydrogen-bond donors (Lipinski definition) is 1. The zero-order chi connectivity index (χ0) is 30.7. The van der Waals surface area contributed by atoms with E-state index in [-0.39, 0.29) is 23.0 Å². The van der Waals surface area contributed by atoms with Crippen LogP contribution in [0.5, 0.6) is 5.75 Å². The van der Waals surface area contributed by atoms with Crippen LogP contribution < -0.4 is 14.4 Å². The predicted molar refractivity (Wildman–Crippen MR) is 169 cm³/mol. The summed E-state index contributed by atoms with van der Waals surface area (Å²) in [6, 6.07) is 20.2. The fourth-order valence-corrected chi connectivity index (χ4v) is 6.42. The third-order valence-electron chi connectivity index (χ3n) is 6.90. The molecule has 0 aromatic heterocycles. The molecule has 0 aliphatic heterocycles. The van der Waals surface area contributed by atoms with Crippen LogP contribution in [0, 0.1) is 6.92 Å². The third kappa shape index (κ3) is 8.07. The van der Waals surface area contributed by atoms with Crippen LogP contribution in [0.3, 0.4) is 0 Å². The number of carbonyl (C=O) groups is 2. The van der Waals surface area contributed by atoms with E-state index < -0.39 is 28.5 Å². The van der Waals surface area contributed by atoms with Gasteiger partial charge in [0.1, 0.15) is 18.3 Å². The van der Waals surface area contributed by atoms with E-state index in [0.29, 0.717) is 25.3 Å². The topological polar surface area (TPSA) is 96.0 Å². The molecule has 0 radical (unpaired) electrons. The molecule has 3 aromatic carbocycles. The van der Waals surface area contributed by atoms with E-state index in [9.17, 15) is 18.0 Å². The van der Waals surface area contributed by atoms with Gasteiger partial charge in [0.05, 0.1) is 17.2 Å². The van der Waals surface area contributed by atoms with Crippen molar-refractivity contribution in [2.24, 2.45) is 0 Å². The molecule has 0 aliphatic carbocycles. The van der Waals surface area contributed by atoms with Gasteiger partial charge in [0.25, 0.3) is 10.0 Å². The second-order valence-corrected chi connectivity index (χ2v) is 12.5. The minimum Gasteiger partial charge on any atom is -0.492 e. The molecule has 0 saturated carbocycles. The summed E-state index contributed by atoms with van der Waals surface area (Å²) < 4.78 is 35.3. The molecule has 226 valence electrons. The molecule has 1 N–H and O–H groups in total. The zero-order valence-corrected chi connectivity index (χ0v) is 26.6. The van der Waals surface area contributed by atoms with Crippen LogP contribution in [0.25, 0.3) is 0 Å². The average Bonchev–Trinajstić information content (AvgIpc) is 3.00. The molecule has 0 bridgehead atoms. The van der Waals surface area contributed by atoms with Gasteiger partial charge in [0.15, 0.2) is 0 Å². The number of rotatable bonds is 15. The number of thioether (sulfide) groups is 1. The Bertz CT molecular complexity index is 1440. The minimum atomic E-state index is -4.20. The van der Waals surface area contributed by atoms with Crippen molar-refractivity contribution in [3.63, 3.8) is 0 Å². The Labute approximate surface area is 254 Å². The molecule has 42 heavy (non-hydrogen) atoms. The summed E-state index contributed by atoms with van der Waals surface area (Å²) in [6.07, 6.45) is 3.03. The summed E-state index contributed by atoms with van der Waals surface area (Å²) in [6.45, 7) is 8.01. The lowest BCUT2D eigenvalue weighted by Crippen LogP contribution is -2.52. The molecular formula is C32H41N3O5S2. The lowest BCUT2D eigenvalue weighted by Gasteiger charge is -2.34. The second-order valence-electron chi connectivity index (χ2n) is 9.75. The van der Waals surface area contributed by atoms with Crippen LogP contribution in [-0.4, -0.2) is 57.1 Å². The molecule has 0 unspecified atom stereocenters. The van der Waals surface area contributed by atoms with Gasteiger partial charge >= 0.3 is 0 Å². The molecule has 1 atom stereocenters. The van der Waals surface area contributed by atoms with Crippen molar-refractivity contribution in [2.75, 3.05) is 30.3 Å². The van der Waals surface area contributed by atoms with Gasteiger partial charge in [-0.15, -0.1) is 11.8 Å². The van der Waals surface area contributed by atoms with Crippen molar-refractivity contribution in [2.45, 2.75) is 62.9 Å². The van der Waals surface area contributed by atoms with Crippen molar-refractivity contribution in [1.29, 1.82) is 0 Å². The van der Waals surface area contributed by atoms with Crippen LogP contribution in [0.4, 0.5) is 5.69 Å². The van der Waals surface area contributed by atoms with Gasteiger partial charge in [0.2, 0.25) is 11.8 Å². The molecule has 2 amide bonds. The molecule has 0 heterocycles. The van der Waals surface area contributed by atoms with Gasteiger partial charge in [-0.3, -0.25) is 13.9 Å². The lowest BCUT2D eigenvalue weighted by molar-refractivity contribution is -0.140. The summed E-state index contributed by atoms with van der Waals surface area (Å²) in [7, 11) is -4.20. The zero-order valence-electron chi connectivity index (χ0n) is 25.0. The van der Waals surface area contributed by atoms with E-state index in [1.807, 2.05) is 58.2 Å². The number of carbonyl (C=O) groups excluding carboxylic acids is 2. The first-order chi connectivity index (χ1) is 20.2. The van der Waals surface area contributed by atoms with E-state index in [2.05, 4.69) is 5.32 Å². The maximum absolute atomic E-state index is 14.3. The quantitative estimate of drug-likeness (QED) is 0.223. The normalized spacial score (nSPS) is 11.9. The van der Waals surface area contributed by atoms with E-state index in [4.69, 9.17) is 4.74 Å². The van der Waals surface area contributed by atoms with E-state index in [1.54, 1.807) is 48.5 Å². The van der Waals surface area contributed by atoms with Gasteiger partial charge in [0, 0.05) is 18.0 Å². The largest absolute Gasteiger partial charge is 0.492 e. The fourth-order valence-electron chi connectivity index (χ4n) is 4.59. The number of para-hydroxylation sites is 2. The van der Waals surface area contributed by atoms with Crippen LogP contribution in [0.2, 0.25) is 0 Å². The first-order valence-electron chi connectivity index (χ1n) is 14.2. The van der Waals surface area contributed by atoms with Crippen molar-refractivity contribution < 1.29 is 22.7 Å². The van der Waals surface area contributed by atoms with Crippen molar-refractivity contribution in [3.8, 4) is 5.75 Å². The average molecular weight is 612 g/mol. The predicted octanol–water partition coefficient (Wildman–Crippen LogP) is 5.64. The van der Waals surface area contributed by atoms with Gasteiger partial charge in [-0.2, -0.15) is 0 Å². The summed E-state index contributed by atoms with van der Waals surface area (Å²) in [5.41, 5.74) is 2.10. The number of aryl methyl sites for hydroxylation is 1. The first-order valence-corrected chi connectivity index (χ1v) is 16.8. The highest BCUT2D eigenvalue weighted by Gasteiger charge is 2.34. The highest BCUT2D eigenvalue weighted by molar-refractivity contribution is 7.98. The first kappa shape index (κ1) is 33.0. The van der Waals surface area contributed by atoms with Crippen LogP contribution >= 0.6 is 11.8 Å². The number of benzene rings is 3. The van der Waals surface area contributed by atoms with Crippen molar-refractivity contribution >= 4 is 39.3 Å². The van der Waals surface area contributed by atoms with Crippen LogP contribution in [-0.2, 0) is 26.2 Å². The monoisotopic (exact) mass is 611 g/mol. The lowest BCUT2D eigenvalue weighted by atomic mass is 10.1. The molecule has 3 aromatic rings. The molecule has 0 saturated heterocycles. The number of anilines is 1. The Morgan fingerprint density at radius 1 is 0.952 bits per heavy atom. The van der Waals surface area contributed by atoms with Gasteiger partial charge in [-0.25, -0.2) is 8.42 Å².